The second-order valence-electron chi connectivity index (χ2n) is 13.6. The van der Waals surface area contributed by atoms with Gasteiger partial charge in [0.15, 0.2) is 0 Å². The molecule has 0 heterocycles. The van der Waals surface area contributed by atoms with Crippen molar-refractivity contribution in [3.05, 3.63) is 0 Å². The lowest BCUT2D eigenvalue weighted by atomic mass is 10.1. The summed E-state index contributed by atoms with van der Waals surface area (Å²) in [5.74, 6) is 2.38. The van der Waals surface area contributed by atoms with E-state index in [1.165, 1.54) is 141 Å². The van der Waals surface area contributed by atoms with Crippen LogP contribution in [-0.4, -0.2) is 74.5 Å². The summed E-state index contributed by atoms with van der Waals surface area (Å²) in [5.41, 5.74) is 0. The summed E-state index contributed by atoms with van der Waals surface area (Å²) >= 11 is 0. The van der Waals surface area contributed by atoms with Gasteiger partial charge >= 0.3 is 0 Å². The predicted molar refractivity (Wildman–Crippen MR) is 213 cm³/mol. The Hall–Kier alpha value is -0.440. The minimum atomic E-state index is 0.144. The molecule has 8 heteroatoms. The lowest BCUT2D eigenvalue weighted by molar-refractivity contribution is -0.121. The highest BCUT2D eigenvalue weighted by molar-refractivity contribution is 8.76. The third kappa shape index (κ3) is 38.2. The fraction of sp³-hybridized carbons (Fsp3) is 0.949. The number of carbonyl (C=O) groups is 2. The average molecular weight is 701 g/mol. The topological polar surface area (TPSA) is 73.5 Å². The van der Waals surface area contributed by atoms with Crippen molar-refractivity contribution in [2.24, 2.45) is 0 Å². The van der Waals surface area contributed by atoms with Crippen LogP contribution in [0.25, 0.3) is 0 Å². The second-order valence-corrected chi connectivity index (χ2v) is 16.3. The maximum atomic E-state index is 12.6. The summed E-state index contributed by atoms with van der Waals surface area (Å²) in [5, 5.41) is 9.46. The molecule has 2 amide bonds. The van der Waals surface area contributed by atoms with E-state index >= 15 is 0 Å². The number of nitrogens with zero attached hydrogens (tertiary/aromatic N) is 1. The molecule has 280 valence electrons. The van der Waals surface area contributed by atoms with Crippen molar-refractivity contribution < 1.29 is 9.59 Å². The van der Waals surface area contributed by atoms with Gasteiger partial charge in [0, 0.05) is 63.6 Å². The fourth-order valence-electron chi connectivity index (χ4n) is 5.85. The molecular formula is C39H80N4O2S2. The minimum absolute atomic E-state index is 0.144. The van der Waals surface area contributed by atoms with Gasteiger partial charge in [-0.2, -0.15) is 0 Å². The van der Waals surface area contributed by atoms with Crippen molar-refractivity contribution in [2.45, 2.75) is 181 Å². The standard InChI is InChI=1S/C39H80N4O2S2/c1-4-6-8-10-12-14-16-18-20-22-24-26-30-41-38(44)28-33-43(35-37-47-46-36-32-40-3)34-29-39(45)42-31-27-25-23-21-19-17-15-13-11-9-7-5-2/h40H,4-37H2,1-3H3,(H,41,44)(H,42,45). The van der Waals surface area contributed by atoms with Gasteiger partial charge in [-0.15, -0.1) is 0 Å². The van der Waals surface area contributed by atoms with Crippen LogP contribution >= 0.6 is 21.6 Å². The number of hydrogen-bond donors (Lipinski definition) is 3. The lowest BCUT2D eigenvalue weighted by Crippen LogP contribution is -2.35. The van der Waals surface area contributed by atoms with Gasteiger partial charge in [-0.1, -0.05) is 177 Å². The molecule has 0 aliphatic heterocycles. The van der Waals surface area contributed by atoms with Crippen molar-refractivity contribution in [3.63, 3.8) is 0 Å². The Balaban J connectivity index is 3.99. The Bertz CT molecular complexity index is 610. The van der Waals surface area contributed by atoms with Crippen molar-refractivity contribution in [2.75, 3.05) is 57.8 Å². The molecule has 0 saturated carbocycles. The molecular weight excluding hydrogens is 621 g/mol. The molecule has 0 aromatic carbocycles. The predicted octanol–water partition coefficient (Wildman–Crippen LogP) is 10.3. The number of nitrogens with one attached hydrogen (secondary N) is 3. The van der Waals surface area contributed by atoms with Crippen LogP contribution in [-0.2, 0) is 9.59 Å². The van der Waals surface area contributed by atoms with Crippen LogP contribution < -0.4 is 16.0 Å². The molecule has 0 bridgehead atoms. The van der Waals surface area contributed by atoms with Gasteiger partial charge in [-0.05, 0) is 19.9 Å². The molecule has 3 N–H and O–H groups in total. The average Bonchev–Trinajstić information content (AvgIpc) is 3.07. The van der Waals surface area contributed by atoms with Gasteiger partial charge in [0.05, 0.1) is 0 Å². The van der Waals surface area contributed by atoms with E-state index in [1.807, 2.05) is 28.6 Å². The van der Waals surface area contributed by atoms with E-state index in [-0.39, 0.29) is 11.8 Å². The Morgan fingerprint density at radius 3 is 1.15 bits per heavy atom. The maximum absolute atomic E-state index is 12.6. The molecule has 6 nitrogen and oxygen atoms in total. The second kappa shape index (κ2) is 40.0. The zero-order valence-corrected chi connectivity index (χ0v) is 33.3. The quantitative estimate of drug-likeness (QED) is 0.0438. The number of rotatable bonds is 39. The van der Waals surface area contributed by atoms with Crippen molar-refractivity contribution in [3.8, 4) is 0 Å². The van der Waals surface area contributed by atoms with E-state index in [2.05, 4.69) is 34.7 Å². The van der Waals surface area contributed by atoms with E-state index in [0.717, 1.165) is 63.6 Å². The normalized spacial score (nSPS) is 11.4. The highest BCUT2D eigenvalue weighted by Gasteiger charge is 2.11. The van der Waals surface area contributed by atoms with Crippen LogP contribution in [0.5, 0.6) is 0 Å². The number of amides is 2. The molecule has 0 atom stereocenters. The summed E-state index contributed by atoms with van der Waals surface area (Å²) in [4.78, 5) is 27.4. The Morgan fingerprint density at radius 1 is 0.447 bits per heavy atom. The molecule has 0 unspecified atom stereocenters. The summed E-state index contributed by atoms with van der Waals surface area (Å²) in [6.45, 7) is 9.50. The fourth-order valence-corrected chi connectivity index (χ4v) is 7.88. The third-order valence-corrected chi connectivity index (χ3v) is 11.4. The van der Waals surface area contributed by atoms with Crippen LogP contribution in [0, 0.1) is 0 Å². The highest BCUT2D eigenvalue weighted by Crippen LogP contribution is 2.20. The number of hydrogen-bond acceptors (Lipinski definition) is 6. The van der Waals surface area contributed by atoms with E-state index in [0.29, 0.717) is 12.8 Å². The monoisotopic (exact) mass is 701 g/mol. The molecule has 0 aromatic rings. The van der Waals surface area contributed by atoms with E-state index in [1.54, 1.807) is 0 Å². The zero-order chi connectivity index (χ0) is 34.3. The summed E-state index contributed by atoms with van der Waals surface area (Å²) in [6, 6.07) is 0. The summed E-state index contributed by atoms with van der Waals surface area (Å²) in [6.07, 6.45) is 33.0. The first-order valence-electron chi connectivity index (χ1n) is 20.3. The number of unbranched alkanes of at least 4 members (excludes halogenated alkanes) is 22. The van der Waals surface area contributed by atoms with Gasteiger partial charge in [0.1, 0.15) is 0 Å². The van der Waals surface area contributed by atoms with E-state index in [4.69, 9.17) is 0 Å². The smallest absolute Gasteiger partial charge is 0.221 e. The van der Waals surface area contributed by atoms with Gasteiger partial charge in [0.2, 0.25) is 11.8 Å². The lowest BCUT2D eigenvalue weighted by Gasteiger charge is -2.21. The third-order valence-electron chi connectivity index (χ3n) is 9.02. The molecule has 0 spiro atoms. The first kappa shape index (κ1) is 46.6. The van der Waals surface area contributed by atoms with Crippen LogP contribution in [0.4, 0.5) is 0 Å². The van der Waals surface area contributed by atoms with Crippen molar-refractivity contribution >= 4 is 33.4 Å². The molecule has 0 rings (SSSR count). The first-order valence-corrected chi connectivity index (χ1v) is 22.8. The summed E-state index contributed by atoms with van der Waals surface area (Å²) in [7, 11) is 5.76. The van der Waals surface area contributed by atoms with Crippen LogP contribution in [0.1, 0.15) is 181 Å². The minimum Gasteiger partial charge on any atom is -0.356 e. The Kier molecular flexibility index (Phi) is 39.6. The van der Waals surface area contributed by atoms with E-state index in [9.17, 15) is 9.59 Å². The molecule has 0 aliphatic rings. The molecule has 0 radical (unpaired) electrons. The largest absolute Gasteiger partial charge is 0.356 e. The zero-order valence-electron chi connectivity index (χ0n) is 31.6. The van der Waals surface area contributed by atoms with Gasteiger partial charge < -0.3 is 20.9 Å². The van der Waals surface area contributed by atoms with Gasteiger partial charge in [0.25, 0.3) is 0 Å². The molecule has 0 fully saturated rings. The van der Waals surface area contributed by atoms with Crippen LogP contribution in [0.2, 0.25) is 0 Å². The Morgan fingerprint density at radius 2 is 0.787 bits per heavy atom. The summed E-state index contributed by atoms with van der Waals surface area (Å²) < 4.78 is 0. The Labute approximate surface area is 301 Å². The SMILES string of the molecule is CCCCCCCCCCCCCCNC(=O)CCN(CCSSCCNC)CCC(=O)NCCCCCCCCCCCCCC. The molecule has 47 heavy (non-hydrogen) atoms. The van der Waals surface area contributed by atoms with Crippen LogP contribution in [0.3, 0.4) is 0 Å². The molecule has 0 aliphatic carbocycles. The highest BCUT2D eigenvalue weighted by atomic mass is 33.1. The van der Waals surface area contributed by atoms with Gasteiger partial charge in [-0.25, -0.2) is 0 Å². The molecule has 0 saturated heterocycles. The van der Waals surface area contributed by atoms with Crippen LogP contribution in [0.15, 0.2) is 0 Å². The number of carbonyl (C=O) groups excluding carboxylic acids is 2. The van der Waals surface area contributed by atoms with E-state index < -0.39 is 0 Å². The molecule has 0 aromatic heterocycles. The van der Waals surface area contributed by atoms with Crippen molar-refractivity contribution in [1.82, 2.24) is 20.9 Å². The van der Waals surface area contributed by atoms with Gasteiger partial charge in [-0.3, -0.25) is 9.59 Å². The van der Waals surface area contributed by atoms with Crippen molar-refractivity contribution in [1.29, 1.82) is 0 Å². The first-order chi connectivity index (χ1) is 23.1. The maximum Gasteiger partial charge on any atom is 0.221 e.